The van der Waals surface area contributed by atoms with Gasteiger partial charge in [-0.25, -0.2) is 9.97 Å². The number of nitrogens with one attached hydrogen (secondary N) is 1. The van der Waals surface area contributed by atoms with Gasteiger partial charge in [0.25, 0.3) is 0 Å². The Hall–Kier alpha value is -2.16. The van der Waals surface area contributed by atoms with Crippen molar-refractivity contribution in [2.75, 3.05) is 18.0 Å². The van der Waals surface area contributed by atoms with Gasteiger partial charge in [-0.05, 0) is 31.7 Å². The highest BCUT2D eigenvalue weighted by atomic mass is 16.2. The highest BCUT2D eigenvalue weighted by Gasteiger charge is 2.32. The summed E-state index contributed by atoms with van der Waals surface area (Å²) in [6, 6.07) is 3.78. The standard InChI is InChI=1S/C14H17N5O/c15-8-11-5-6-16-14(18-11)19-7-1-2-12(9-19)17-13(20)10-3-4-10/h5-6,10,12H,1-4,7,9H2,(H,17,20). The normalized spacial score (nSPS) is 22.1. The van der Waals surface area contributed by atoms with Crippen LogP contribution >= 0.6 is 0 Å². The van der Waals surface area contributed by atoms with Crippen molar-refractivity contribution in [1.29, 1.82) is 5.26 Å². The molecule has 104 valence electrons. The van der Waals surface area contributed by atoms with E-state index >= 15 is 0 Å². The summed E-state index contributed by atoms with van der Waals surface area (Å²) in [6.07, 6.45) is 5.64. The number of rotatable bonds is 3. The topological polar surface area (TPSA) is 81.9 Å². The monoisotopic (exact) mass is 271 g/mol. The second kappa shape index (κ2) is 5.45. The average molecular weight is 271 g/mol. The Morgan fingerprint density at radius 3 is 3.05 bits per heavy atom. The predicted molar refractivity (Wildman–Crippen MR) is 72.8 cm³/mol. The molecule has 1 aromatic rings. The van der Waals surface area contributed by atoms with E-state index in [4.69, 9.17) is 5.26 Å². The van der Waals surface area contributed by atoms with Crippen molar-refractivity contribution in [2.24, 2.45) is 5.92 Å². The van der Waals surface area contributed by atoms with E-state index in [0.717, 1.165) is 32.2 Å². The molecule has 0 spiro atoms. The third kappa shape index (κ3) is 2.87. The van der Waals surface area contributed by atoms with Crippen LogP contribution in [0.3, 0.4) is 0 Å². The van der Waals surface area contributed by atoms with E-state index in [1.54, 1.807) is 12.3 Å². The second-order valence-corrected chi connectivity index (χ2v) is 5.42. The first-order valence-corrected chi connectivity index (χ1v) is 7.05. The van der Waals surface area contributed by atoms with Crippen LogP contribution in [0.4, 0.5) is 5.95 Å². The molecule has 1 saturated heterocycles. The van der Waals surface area contributed by atoms with Crippen LogP contribution in [0.2, 0.25) is 0 Å². The molecule has 1 aliphatic carbocycles. The van der Waals surface area contributed by atoms with Crippen LogP contribution in [0.15, 0.2) is 12.3 Å². The number of carbonyl (C=O) groups is 1. The summed E-state index contributed by atoms with van der Waals surface area (Å²) in [7, 11) is 0. The molecule has 6 heteroatoms. The van der Waals surface area contributed by atoms with Gasteiger partial charge in [0, 0.05) is 31.2 Å². The number of anilines is 1. The Labute approximate surface area is 117 Å². The van der Waals surface area contributed by atoms with Crippen LogP contribution in [-0.4, -0.2) is 35.0 Å². The van der Waals surface area contributed by atoms with Crippen LogP contribution in [-0.2, 0) is 4.79 Å². The van der Waals surface area contributed by atoms with E-state index in [2.05, 4.69) is 15.3 Å². The fourth-order valence-electron chi connectivity index (χ4n) is 2.50. The van der Waals surface area contributed by atoms with Gasteiger partial charge in [0.1, 0.15) is 11.8 Å². The van der Waals surface area contributed by atoms with Crippen LogP contribution in [0.5, 0.6) is 0 Å². The lowest BCUT2D eigenvalue weighted by molar-refractivity contribution is -0.123. The van der Waals surface area contributed by atoms with Crippen molar-refractivity contribution < 1.29 is 4.79 Å². The lowest BCUT2D eigenvalue weighted by atomic mass is 10.1. The van der Waals surface area contributed by atoms with E-state index in [1.807, 2.05) is 11.0 Å². The predicted octanol–water partition coefficient (Wildman–Crippen LogP) is 0.843. The number of nitrogens with zero attached hydrogens (tertiary/aromatic N) is 4. The molecule has 1 aliphatic heterocycles. The Balaban J connectivity index is 1.64. The number of piperidine rings is 1. The van der Waals surface area contributed by atoms with Crippen LogP contribution in [0.25, 0.3) is 0 Å². The maximum absolute atomic E-state index is 11.8. The van der Waals surface area contributed by atoms with Crippen LogP contribution in [0.1, 0.15) is 31.4 Å². The summed E-state index contributed by atoms with van der Waals surface area (Å²) in [5.41, 5.74) is 0.374. The van der Waals surface area contributed by atoms with E-state index < -0.39 is 0 Å². The quantitative estimate of drug-likeness (QED) is 0.881. The van der Waals surface area contributed by atoms with Gasteiger partial charge >= 0.3 is 0 Å². The zero-order chi connectivity index (χ0) is 13.9. The summed E-state index contributed by atoms with van der Waals surface area (Å²) in [6.45, 7) is 1.58. The number of amides is 1. The third-order valence-corrected chi connectivity index (χ3v) is 3.76. The Bertz CT molecular complexity index is 549. The van der Waals surface area contributed by atoms with Gasteiger partial charge in [0.05, 0.1) is 0 Å². The number of hydrogen-bond acceptors (Lipinski definition) is 5. The molecular weight excluding hydrogens is 254 g/mol. The van der Waals surface area contributed by atoms with E-state index in [-0.39, 0.29) is 17.9 Å². The van der Waals surface area contributed by atoms with Crippen molar-refractivity contribution in [3.63, 3.8) is 0 Å². The van der Waals surface area contributed by atoms with Crippen molar-refractivity contribution in [3.05, 3.63) is 18.0 Å². The number of aromatic nitrogens is 2. The van der Waals surface area contributed by atoms with Gasteiger partial charge in [-0.3, -0.25) is 4.79 Å². The Kier molecular flexibility index (Phi) is 3.50. The molecule has 1 saturated carbocycles. The maximum Gasteiger partial charge on any atom is 0.226 e. The Morgan fingerprint density at radius 2 is 2.30 bits per heavy atom. The van der Waals surface area contributed by atoms with Crippen molar-refractivity contribution in [2.45, 2.75) is 31.7 Å². The molecule has 6 nitrogen and oxygen atoms in total. The van der Waals surface area contributed by atoms with Crippen molar-refractivity contribution in [1.82, 2.24) is 15.3 Å². The lowest BCUT2D eigenvalue weighted by Crippen LogP contribution is -2.48. The lowest BCUT2D eigenvalue weighted by Gasteiger charge is -2.33. The average Bonchev–Trinajstić information content (AvgIpc) is 3.32. The van der Waals surface area contributed by atoms with E-state index in [1.165, 1.54) is 0 Å². The van der Waals surface area contributed by atoms with Crippen LogP contribution in [0, 0.1) is 17.2 Å². The van der Waals surface area contributed by atoms with Gasteiger partial charge in [-0.2, -0.15) is 5.26 Å². The molecule has 0 bridgehead atoms. The molecule has 1 aromatic heterocycles. The summed E-state index contributed by atoms with van der Waals surface area (Å²) in [5, 5.41) is 12.0. The van der Waals surface area contributed by atoms with E-state index in [0.29, 0.717) is 18.2 Å². The molecular formula is C14H17N5O. The van der Waals surface area contributed by atoms with E-state index in [9.17, 15) is 4.79 Å². The fourth-order valence-corrected chi connectivity index (χ4v) is 2.50. The Morgan fingerprint density at radius 1 is 1.45 bits per heavy atom. The smallest absolute Gasteiger partial charge is 0.226 e. The number of carbonyl (C=O) groups excluding carboxylic acids is 1. The van der Waals surface area contributed by atoms with Gasteiger partial charge in [0.15, 0.2) is 0 Å². The largest absolute Gasteiger partial charge is 0.351 e. The molecule has 0 aromatic carbocycles. The highest BCUT2D eigenvalue weighted by Crippen LogP contribution is 2.29. The van der Waals surface area contributed by atoms with Gasteiger partial charge in [-0.1, -0.05) is 0 Å². The maximum atomic E-state index is 11.8. The third-order valence-electron chi connectivity index (χ3n) is 3.76. The molecule has 1 atom stereocenters. The first-order valence-electron chi connectivity index (χ1n) is 7.05. The van der Waals surface area contributed by atoms with Crippen molar-refractivity contribution in [3.8, 4) is 6.07 Å². The SMILES string of the molecule is N#Cc1ccnc(N2CCCC(NC(=O)C3CC3)C2)n1. The summed E-state index contributed by atoms with van der Waals surface area (Å²) >= 11 is 0. The molecule has 1 amide bonds. The van der Waals surface area contributed by atoms with Crippen molar-refractivity contribution >= 4 is 11.9 Å². The molecule has 2 aliphatic rings. The molecule has 1 unspecified atom stereocenters. The molecule has 3 rings (SSSR count). The molecule has 20 heavy (non-hydrogen) atoms. The highest BCUT2D eigenvalue weighted by molar-refractivity contribution is 5.81. The number of hydrogen-bond donors (Lipinski definition) is 1. The molecule has 1 N–H and O–H groups in total. The number of nitriles is 1. The molecule has 0 radical (unpaired) electrons. The minimum Gasteiger partial charge on any atom is -0.351 e. The zero-order valence-electron chi connectivity index (χ0n) is 11.2. The minimum absolute atomic E-state index is 0.159. The van der Waals surface area contributed by atoms with Gasteiger partial charge in [-0.15, -0.1) is 0 Å². The molecule has 2 heterocycles. The minimum atomic E-state index is 0.159. The second-order valence-electron chi connectivity index (χ2n) is 5.42. The van der Waals surface area contributed by atoms with Gasteiger partial charge < -0.3 is 10.2 Å². The fraction of sp³-hybridized carbons (Fsp3) is 0.571. The first-order chi connectivity index (χ1) is 9.76. The first kappa shape index (κ1) is 12.9. The molecule has 2 fully saturated rings. The summed E-state index contributed by atoms with van der Waals surface area (Å²) in [5.74, 6) is 1.00. The summed E-state index contributed by atoms with van der Waals surface area (Å²) in [4.78, 5) is 22.3. The van der Waals surface area contributed by atoms with Crippen LogP contribution < -0.4 is 10.2 Å². The zero-order valence-corrected chi connectivity index (χ0v) is 11.2. The summed E-state index contributed by atoms with van der Waals surface area (Å²) < 4.78 is 0. The van der Waals surface area contributed by atoms with Gasteiger partial charge in [0.2, 0.25) is 11.9 Å².